The lowest BCUT2D eigenvalue weighted by molar-refractivity contribution is -0.121. The third-order valence-electron chi connectivity index (χ3n) is 3.95. The van der Waals surface area contributed by atoms with E-state index in [1.165, 1.54) is 10.6 Å². The SMILES string of the molecule is CCOc1ccccc1N(CCCC(=O)NC(CC)CC)S(C)(=O)=O. The lowest BCUT2D eigenvalue weighted by Gasteiger charge is -2.24. The van der Waals surface area contributed by atoms with Gasteiger partial charge in [-0.3, -0.25) is 9.10 Å². The molecular weight excluding hydrogens is 340 g/mol. The zero-order valence-corrected chi connectivity index (χ0v) is 16.4. The van der Waals surface area contributed by atoms with Gasteiger partial charge >= 0.3 is 0 Å². The Kier molecular flexibility index (Phi) is 8.75. The summed E-state index contributed by atoms with van der Waals surface area (Å²) in [4.78, 5) is 12.0. The molecule has 0 unspecified atom stereocenters. The van der Waals surface area contributed by atoms with E-state index >= 15 is 0 Å². The number of hydrogen-bond acceptors (Lipinski definition) is 4. The number of nitrogens with zero attached hydrogens (tertiary/aromatic N) is 1. The third kappa shape index (κ3) is 6.94. The number of carbonyl (C=O) groups excluding carboxylic acids is 1. The molecule has 1 aromatic rings. The Bertz CT molecular complexity index is 642. The summed E-state index contributed by atoms with van der Waals surface area (Å²) in [6.07, 6.45) is 3.68. The molecule has 6 nitrogen and oxygen atoms in total. The van der Waals surface area contributed by atoms with Gasteiger partial charge < -0.3 is 10.1 Å². The molecule has 0 aliphatic heterocycles. The van der Waals surface area contributed by atoms with Gasteiger partial charge in [-0.15, -0.1) is 0 Å². The predicted octanol–water partition coefficient (Wildman–Crippen LogP) is 2.94. The summed E-state index contributed by atoms with van der Waals surface area (Å²) in [7, 11) is -3.47. The molecule has 7 heteroatoms. The van der Waals surface area contributed by atoms with Crippen LogP contribution in [0, 0.1) is 0 Å². The molecule has 0 heterocycles. The number of hydrogen-bond donors (Lipinski definition) is 1. The van der Waals surface area contributed by atoms with Gasteiger partial charge in [-0.05, 0) is 38.3 Å². The molecule has 0 radical (unpaired) electrons. The van der Waals surface area contributed by atoms with Gasteiger partial charge in [-0.2, -0.15) is 0 Å². The van der Waals surface area contributed by atoms with Crippen molar-refractivity contribution in [3.05, 3.63) is 24.3 Å². The second kappa shape index (κ2) is 10.3. The molecule has 0 aliphatic carbocycles. The summed E-state index contributed by atoms with van der Waals surface area (Å²) in [5.74, 6) is 0.483. The van der Waals surface area contributed by atoms with Gasteiger partial charge in [0.15, 0.2) is 0 Å². The highest BCUT2D eigenvalue weighted by Gasteiger charge is 2.21. The minimum atomic E-state index is -3.47. The first kappa shape index (κ1) is 21.3. The van der Waals surface area contributed by atoms with Crippen molar-refractivity contribution in [2.45, 2.75) is 52.5 Å². The predicted molar refractivity (Wildman–Crippen MR) is 102 cm³/mol. The number of sulfonamides is 1. The smallest absolute Gasteiger partial charge is 0.232 e. The zero-order chi connectivity index (χ0) is 18.9. The first-order valence-electron chi connectivity index (χ1n) is 8.82. The van der Waals surface area contributed by atoms with Crippen molar-refractivity contribution in [2.24, 2.45) is 0 Å². The summed E-state index contributed by atoms with van der Waals surface area (Å²) < 4.78 is 31.3. The average molecular weight is 371 g/mol. The lowest BCUT2D eigenvalue weighted by atomic mass is 10.1. The number of anilines is 1. The van der Waals surface area contributed by atoms with Crippen LogP contribution in [-0.2, 0) is 14.8 Å². The number of amides is 1. The Hall–Kier alpha value is -1.76. The molecule has 1 rings (SSSR count). The standard InChI is InChI=1S/C18H30N2O4S/c1-5-15(6-2)19-18(21)13-10-14-20(25(4,22)23)16-11-8-9-12-17(16)24-7-3/h8-9,11-12,15H,5-7,10,13-14H2,1-4H3,(H,19,21). The van der Waals surface area contributed by atoms with E-state index < -0.39 is 10.0 Å². The van der Waals surface area contributed by atoms with E-state index in [1.54, 1.807) is 24.3 Å². The largest absolute Gasteiger partial charge is 0.492 e. The molecule has 0 saturated heterocycles. The van der Waals surface area contributed by atoms with Crippen LogP contribution in [0.3, 0.4) is 0 Å². The molecule has 142 valence electrons. The maximum absolute atomic E-state index is 12.2. The van der Waals surface area contributed by atoms with Gasteiger partial charge in [0.25, 0.3) is 0 Å². The Balaban J connectivity index is 2.78. The van der Waals surface area contributed by atoms with Crippen molar-refractivity contribution in [3.63, 3.8) is 0 Å². The molecule has 0 aromatic heterocycles. The van der Waals surface area contributed by atoms with Crippen molar-refractivity contribution in [1.29, 1.82) is 0 Å². The minimum absolute atomic E-state index is 0.0414. The summed E-state index contributed by atoms with van der Waals surface area (Å²) in [5, 5.41) is 2.97. The van der Waals surface area contributed by atoms with E-state index in [0.29, 0.717) is 30.9 Å². The molecular formula is C18H30N2O4S. The molecule has 25 heavy (non-hydrogen) atoms. The number of benzene rings is 1. The fourth-order valence-corrected chi connectivity index (χ4v) is 3.55. The highest BCUT2D eigenvalue weighted by Crippen LogP contribution is 2.30. The van der Waals surface area contributed by atoms with Crippen molar-refractivity contribution in [3.8, 4) is 5.75 Å². The van der Waals surface area contributed by atoms with Crippen LogP contribution in [-0.4, -0.2) is 39.8 Å². The Morgan fingerprint density at radius 3 is 2.40 bits per heavy atom. The van der Waals surface area contributed by atoms with E-state index in [4.69, 9.17) is 4.74 Å². The molecule has 0 atom stereocenters. The van der Waals surface area contributed by atoms with E-state index in [-0.39, 0.29) is 18.5 Å². The number of rotatable bonds is 11. The van der Waals surface area contributed by atoms with E-state index in [0.717, 1.165) is 12.8 Å². The number of ether oxygens (including phenoxy) is 1. The van der Waals surface area contributed by atoms with Gasteiger partial charge in [0.05, 0.1) is 18.6 Å². The van der Waals surface area contributed by atoms with Crippen LogP contribution in [0.1, 0.15) is 46.5 Å². The van der Waals surface area contributed by atoms with Crippen molar-refractivity contribution in [2.75, 3.05) is 23.7 Å². The van der Waals surface area contributed by atoms with E-state index in [9.17, 15) is 13.2 Å². The van der Waals surface area contributed by atoms with Crippen LogP contribution in [0.5, 0.6) is 5.75 Å². The molecule has 0 bridgehead atoms. The van der Waals surface area contributed by atoms with Gasteiger partial charge in [0, 0.05) is 19.0 Å². The van der Waals surface area contributed by atoms with Crippen molar-refractivity contribution in [1.82, 2.24) is 5.32 Å². The average Bonchev–Trinajstić information content (AvgIpc) is 2.56. The molecule has 1 amide bonds. The first-order chi connectivity index (χ1) is 11.8. The molecule has 0 spiro atoms. The van der Waals surface area contributed by atoms with Gasteiger partial charge in [-0.1, -0.05) is 26.0 Å². The summed E-state index contributed by atoms with van der Waals surface area (Å²) in [6.45, 7) is 6.60. The summed E-state index contributed by atoms with van der Waals surface area (Å²) in [5.41, 5.74) is 0.507. The van der Waals surface area contributed by atoms with Crippen LogP contribution in [0.25, 0.3) is 0 Å². The second-order valence-corrected chi connectivity index (χ2v) is 7.83. The third-order valence-corrected chi connectivity index (χ3v) is 5.13. The van der Waals surface area contributed by atoms with Crippen LogP contribution >= 0.6 is 0 Å². The topological polar surface area (TPSA) is 75.7 Å². The van der Waals surface area contributed by atoms with Crippen LogP contribution in [0.4, 0.5) is 5.69 Å². The quantitative estimate of drug-likeness (QED) is 0.650. The zero-order valence-electron chi connectivity index (χ0n) is 15.6. The maximum Gasteiger partial charge on any atom is 0.232 e. The normalized spacial score (nSPS) is 11.4. The maximum atomic E-state index is 12.2. The van der Waals surface area contributed by atoms with Gasteiger partial charge in [-0.25, -0.2) is 8.42 Å². The lowest BCUT2D eigenvalue weighted by Crippen LogP contribution is -2.35. The number of carbonyl (C=O) groups is 1. The fourth-order valence-electron chi connectivity index (χ4n) is 2.58. The minimum Gasteiger partial charge on any atom is -0.492 e. The molecule has 0 saturated carbocycles. The van der Waals surface area contributed by atoms with Crippen molar-refractivity contribution < 1.29 is 17.9 Å². The molecule has 1 N–H and O–H groups in total. The molecule has 0 aliphatic rings. The summed E-state index contributed by atoms with van der Waals surface area (Å²) in [6, 6.07) is 7.22. The Morgan fingerprint density at radius 2 is 1.84 bits per heavy atom. The first-order valence-corrected chi connectivity index (χ1v) is 10.7. The van der Waals surface area contributed by atoms with Crippen molar-refractivity contribution >= 4 is 21.6 Å². The number of para-hydroxylation sites is 2. The monoisotopic (exact) mass is 370 g/mol. The highest BCUT2D eigenvalue weighted by atomic mass is 32.2. The molecule has 1 aromatic carbocycles. The van der Waals surface area contributed by atoms with Crippen LogP contribution in [0.2, 0.25) is 0 Å². The second-order valence-electron chi connectivity index (χ2n) is 5.92. The molecule has 0 fully saturated rings. The Morgan fingerprint density at radius 1 is 1.20 bits per heavy atom. The highest BCUT2D eigenvalue weighted by molar-refractivity contribution is 7.92. The number of nitrogens with one attached hydrogen (secondary N) is 1. The fraction of sp³-hybridized carbons (Fsp3) is 0.611. The Labute approximate surface area is 151 Å². The summed E-state index contributed by atoms with van der Waals surface area (Å²) >= 11 is 0. The van der Waals surface area contributed by atoms with E-state index in [2.05, 4.69) is 5.32 Å². The van der Waals surface area contributed by atoms with Gasteiger partial charge in [0.1, 0.15) is 5.75 Å². The van der Waals surface area contributed by atoms with Crippen LogP contribution < -0.4 is 14.4 Å². The van der Waals surface area contributed by atoms with E-state index in [1.807, 2.05) is 20.8 Å². The van der Waals surface area contributed by atoms with Crippen LogP contribution in [0.15, 0.2) is 24.3 Å². The van der Waals surface area contributed by atoms with Gasteiger partial charge in [0.2, 0.25) is 15.9 Å².